The van der Waals surface area contributed by atoms with Crippen molar-refractivity contribution in [1.29, 1.82) is 0 Å². The topological polar surface area (TPSA) is 164 Å². The van der Waals surface area contributed by atoms with E-state index in [4.69, 9.17) is 4.74 Å². The lowest BCUT2D eigenvalue weighted by Crippen LogP contribution is -2.39. The number of nitrogens with one attached hydrogen (secondary N) is 3. The predicted octanol–water partition coefficient (Wildman–Crippen LogP) is 6.87. The first-order valence-electron chi connectivity index (χ1n) is 21.2. The predicted molar refractivity (Wildman–Crippen MR) is 243 cm³/mol. The number of aromatic nitrogens is 1. The van der Waals surface area contributed by atoms with Crippen molar-refractivity contribution < 1.29 is 29.6 Å². The maximum absolute atomic E-state index is 14.0. The summed E-state index contributed by atoms with van der Waals surface area (Å²) < 4.78 is 5.96. The van der Waals surface area contributed by atoms with E-state index in [0.29, 0.717) is 58.5 Å². The van der Waals surface area contributed by atoms with Crippen LogP contribution in [0.2, 0.25) is 0 Å². The molecule has 11 nitrogen and oxygen atoms in total. The van der Waals surface area contributed by atoms with Crippen LogP contribution in [-0.2, 0) is 34.8 Å². The first-order chi connectivity index (χ1) is 30.6. The molecular formula is C51H48N4O7S. The third-order valence-electron chi connectivity index (χ3n) is 12.4. The van der Waals surface area contributed by atoms with Crippen molar-refractivity contribution in [1.82, 2.24) is 20.5 Å². The lowest BCUT2D eigenvalue weighted by Gasteiger charge is -2.28. The van der Waals surface area contributed by atoms with Crippen molar-refractivity contribution in [3.63, 3.8) is 0 Å². The van der Waals surface area contributed by atoms with Gasteiger partial charge in [-0.05, 0) is 82.1 Å². The van der Waals surface area contributed by atoms with E-state index in [-0.39, 0.29) is 35.9 Å². The van der Waals surface area contributed by atoms with E-state index < -0.39 is 17.7 Å². The number of ether oxygens (including phenoxy) is 1. The Balaban J connectivity index is 0.785. The number of aromatic hydroxyl groups is 1. The number of likely N-dealkylation sites (tertiary alicyclic amines) is 1. The number of aliphatic hydroxyl groups is 2. The van der Waals surface area contributed by atoms with Gasteiger partial charge in [0.1, 0.15) is 5.75 Å². The Morgan fingerprint density at radius 3 is 2.30 bits per heavy atom. The molecule has 7 aromatic rings. The van der Waals surface area contributed by atoms with Gasteiger partial charge in [-0.2, -0.15) is 0 Å². The van der Waals surface area contributed by atoms with Crippen LogP contribution in [0.25, 0.3) is 21.3 Å². The minimum Gasteiger partial charge on any atom is -0.506 e. The number of rotatable bonds is 16. The van der Waals surface area contributed by atoms with Crippen LogP contribution in [-0.4, -0.2) is 63.3 Å². The third kappa shape index (κ3) is 9.08. The van der Waals surface area contributed by atoms with Crippen LogP contribution in [0.15, 0.2) is 150 Å². The number of aromatic amines is 1. The number of thiophene rings is 1. The van der Waals surface area contributed by atoms with Gasteiger partial charge in [-0.15, -0.1) is 11.3 Å². The number of phenolic OH excluding ortho intramolecular Hbond substituents is 1. The largest absolute Gasteiger partial charge is 0.506 e. The number of piperidine rings is 1. The molecule has 12 heteroatoms. The quantitative estimate of drug-likeness (QED) is 0.0570. The number of hydrogen-bond acceptors (Lipinski definition) is 10. The van der Waals surface area contributed by atoms with Gasteiger partial charge in [0.2, 0.25) is 11.2 Å². The molecule has 1 aliphatic heterocycles. The number of carbonyl (C=O) groups is 2. The Bertz CT molecular complexity index is 2780. The third-order valence-corrected chi connectivity index (χ3v) is 13.5. The summed E-state index contributed by atoms with van der Waals surface area (Å²) in [6, 6.07) is 44.0. The smallest absolute Gasteiger partial charge is 0.347 e. The molecule has 9 rings (SSSR count). The molecule has 2 aromatic heterocycles. The van der Waals surface area contributed by atoms with E-state index >= 15 is 0 Å². The number of benzene rings is 5. The minimum atomic E-state index is -2.01. The van der Waals surface area contributed by atoms with Gasteiger partial charge in [-0.3, -0.25) is 14.5 Å². The fourth-order valence-electron chi connectivity index (χ4n) is 8.89. The standard InChI is InChI=1S/C51H48N4O7S/c56-44-21-19-39(40-20-23-47(58)54-48(40)44)45(57)27-52-25-32-14-16-34(17-15-32)49(59)53-26-38-18-22-46(63-38)35-10-7-13-37(24-35)51(61,36-11-5-2-6-12-36)50(60)62-31-43-41-29-55(30-42(41)43)28-33-8-3-1-4-9-33/h1-24,41-43,45,52,56-57,61H,25-31H2,(H,53,59)(H,54,58)/t41-,42+,43+,45-,51-/m0/s1. The van der Waals surface area contributed by atoms with Crippen LogP contribution in [0.1, 0.15) is 49.2 Å². The van der Waals surface area contributed by atoms with E-state index in [1.165, 1.54) is 29.0 Å². The van der Waals surface area contributed by atoms with Crippen molar-refractivity contribution in [3.05, 3.63) is 194 Å². The molecule has 0 radical (unpaired) electrons. The highest BCUT2D eigenvalue weighted by molar-refractivity contribution is 7.15. The summed E-state index contributed by atoms with van der Waals surface area (Å²) >= 11 is 1.52. The summed E-state index contributed by atoms with van der Waals surface area (Å²) in [6.45, 7) is 4.16. The number of H-pyrrole nitrogens is 1. The van der Waals surface area contributed by atoms with Gasteiger partial charge in [0.25, 0.3) is 5.91 Å². The number of nitrogens with zero attached hydrogens (tertiary/aromatic N) is 1. The monoisotopic (exact) mass is 860 g/mol. The van der Waals surface area contributed by atoms with Crippen LogP contribution in [0.5, 0.6) is 5.75 Å². The van der Waals surface area contributed by atoms with E-state index in [9.17, 15) is 29.7 Å². The first kappa shape index (κ1) is 41.9. The van der Waals surface area contributed by atoms with Gasteiger partial charge < -0.3 is 35.7 Å². The molecule has 0 spiro atoms. The second kappa shape index (κ2) is 18.1. The fraction of sp³-hybridized carbons (Fsp3) is 0.235. The number of fused-ring (bicyclic) bond motifs is 2. The van der Waals surface area contributed by atoms with Gasteiger partial charge in [0.05, 0.1) is 24.8 Å². The van der Waals surface area contributed by atoms with Crippen LogP contribution in [0.4, 0.5) is 0 Å². The highest BCUT2D eigenvalue weighted by Crippen LogP contribution is 2.52. The van der Waals surface area contributed by atoms with E-state index in [1.54, 1.807) is 54.6 Å². The molecule has 3 heterocycles. The number of phenols is 1. The van der Waals surface area contributed by atoms with Gasteiger partial charge in [-0.25, -0.2) is 4.79 Å². The zero-order chi connectivity index (χ0) is 43.5. The number of carbonyl (C=O) groups excluding carboxylic acids is 2. The van der Waals surface area contributed by atoms with Gasteiger partial charge in [0.15, 0.2) is 0 Å². The van der Waals surface area contributed by atoms with Crippen LogP contribution < -0.4 is 16.2 Å². The van der Waals surface area contributed by atoms with Crippen molar-refractivity contribution in [2.45, 2.75) is 31.3 Å². The molecular weight excluding hydrogens is 813 g/mol. The summed E-state index contributed by atoms with van der Waals surface area (Å²) in [5.74, 6) is 0.310. The molecule has 2 fully saturated rings. The Hall–Kier alpha value is -6.41. The summed E-state index contributed by atoms with van der Waals surface area (Å²) in [4.78, 5) is 45.8. The van der Waals surface area contributed by atoms with Crippen LogP contribution >= 0.6 is 11.3 Å². The fourth-order valence-corrected chi connectivity index (χ4v) is 9.84. The lowest BCUT2D eigenvalue weighted by molar-refractivity contribution is -0.163. The van der Waals surface area contributed by atoms with Crippen molar-refractivity contribution in [3.8, 4) is 16.2 Å². The van der Waals surface area contributed by atoms with Gasteiger partial charge >= 0.3 is 5.97 Å². The Morgan fingerprint density at radius 1 is 0.810 bits per heavy atom. The highest BCUT2D eigenvalue weighted by atomic mass is 32.1. The molecule has 1 saturated heterocycles. The van der Waals surface area contributed by atoms with Crippen molar-refractivity contribution in [2.75, 3.05) is 26.2 Å². The number of amides is 1. The molecule has 320 valence electrons. The minimum absolute atomic E-state index is 0.0649. The molecule has 1 amide bonds. The summed E-state index contributed by atoms with van der Waals surface area (Å²) in [5.41, 5.74) is 2.94. The number of pyridine rings is 1. The molecule has 0 unspecified atom stereocenters. The zero-order valence-electron chi connectivity index (χ0n) is 34.4. The maximum Gasteiger partial charge on any atom is 0.347 e. The molecule has 1 aliphatic carbocycles. The molecule has 63 heavy (non-hydrogen) atoms. The maximum atomic E-state index is 14.0. The molecule has 1 saturated carbocycles. The second-order valence-corrected chi connectivity index (χ2v) is 17.7. The zero-order valence-corrected chi connectivity index (χ0v) is 35.3. The van der Waals surface area contributed by atoms with Crippen molar-refractivity contribution in [2.24, 2.45) is 17.8 Å². The van der Waals surface area contributed by atoms with Gasteiger partial charge in [0, 0.05) is 71.0 Å². The molecule has 0 bridgehead atoms. The van der Waals surface area contributed by atoms with E-state index in [1.807, 2.05) is 54.6 Å². The number of esters is 1. The average molecular weight is 861 g/mol. The average Bonchev–Trinajstić information content (AvgIpc) is 3.58. The molecule has 5 atom stereocenters. The van der Waals surface area contributed by atoms with Crippen molar-refractivity contribution >= 4 is 34.1 Å². The Labute approximate surface area is 368 Å². The molecule has 5 aromatic carbocycles. The highest BCUT2D eigenvalue weighted by Gasteiger charge is 2.56. The second-order valence-electron chi connectivity index (χ2n) is 16.5. The molecule has 6 N–H and O–H groups in total. The Kier molecular flexibility index (Phi) is 12.1. The number of hydrogen-bond donors (Lipinski definition) is 6. The van der Waals surface area contributed by atoms with E-state index in [0.717, 1.165) is 40.5 Å². The van der Waals surface area contributed by atoms with Crippen LogP contribution in [0.3, 0.4) is 0 Å². The summed E-state index contributed by atoms with van der Waals surface area (Å²) in [5, 5.41) is 40.1. The Morgan fingerprint density at radius 2 is 1.54 bits per heavy atom. The first-order valence-corrected chi connectivity index (χ1v) is 22.0. The summed E-state index contributed by atoms with van der Waals surface area (Å²) in [7, 11) is 0. The molecule has 2 aliphatic rings. The van der Waals surface area contributed by atoms with Crippen LogP contribution in [0, 0.1) is 17.8 Å². The number of aliphatic hydroxyl groups excluding tert-OH is 1. The summed E-state index contributed by atoms with van der Waals surface area (Å²) in [6.07, 6.45) is -0.887. The lowest BCUT2D eigenvalue weighted by atomic mass is 9.85. The van der Waals surface area contributed by atoms with E-state index in [2.05, 4.69) is 44.8 Å². The SMILES string of the molecule is O=C(NCc1ccc(-c2cccc([C@](O)(C(=O)OC[C@@H]3[C@H]4CN(Cc5ccccc5)C[C@@H]34)c3ccccc3)c2)s1)c1ccc(CNC[C@H](O)c2ccc(O)c3[nH]c(=O)ccc23)cc1. The normalized spacial score (nSPS) is 18.3. The van der Waals surface area contributed by atoms with Gasteiger partial charge in [-0.1, -0.05) is 97.1 Å².